The standard InChI is InChI=1S/C20H21N3O4S/c1-14-12-16(23(24)25)6-7-20(14)28(26,27)22-10-8-15(9-11-22)18-13-21-19-5-3-2-4-17(18)19/h2-7,12-13,15,21H,8-11H2,1H3. The number of aryl methyl sites for hydroxylation is 1. The number of H-pyrrole nitrogens is 1. The van der Waals surface area contributed by atoms with Crippen molar-refractivity contribution in [2.75, 3.05) is 13.1 Å². The molecular formula is C20H21N3O4S. The quantitative estimate of drug-likeness (QED) is 0.531. The maximum Gasteiger partial charge on any atom is 0.269 e. The molecule has 7 nitrogen and oxygen atoms in total. The maximum absolute atomic E-state index is 13.0. The molecule has 0 unspecified atom stereocenters. The fraction of sp³-hybridized carbons (Fsp3) is 0.300. The van der Waals surface area contributed by atoms with Gasteiger partial charge in [-0.3, -0.25) is 10.1 Å². The summed E-state index contributed by atoms with van der Waals surface area (Å²) in [5.41, 5.74) is 2.62. The maximum atomic E-state index is 13.0. The van der Waals surface area contributed by atoms with Gasteiger partial charge in [-0.05, 0) is 48.9 Å². The molecule has 8 heteroatoms. The molecule has 1 aliphatic rings. The number of benzene rings is 2. The van der Waals surface area contributed by atoms with Gasteiger partial charge in [0.1, 0.15) is 0 Å². The van der Waals surface area contributed by atoms with Crippen LogP contribution in [0.2, 0.25) is 0 Å². The number of nitrogens with one attached hydrogen (secondary N) is 1. The van der Waals surface area contributed by atoms with Crippen molar-refractivity contribution in [1.29, 1.82) is 0 Å². The van der Waals surface area contributed by atoms with Crippen molar-refractivity contribution in [2.24, 2.45) is 0 Å². The average molecular weight is 399 g/mol. The SMILES string of the molecule is Cc1cc([N+](=O)[O-])ccc1S(=O)(=O)N1CCC(c2c[nH]c3ccccc23)CC1. The van der Waals surface area contributed by atoms with Gasteiger partial charge in [0.2, 0.25) is 10.0 Å². The van der Waals surface area contributed by atoms with Gasteiger partial charge in [0.25, 0.3) is 5.69 Å². The first-order chi connectivity index (χ1) is 13.4. The minimum Gasteiger partial charge on any atom is -0.361 e. The van der Waals surface area contributed by atoms with Crippen LogP contribution in [-0.4, -0.2) is 35.7 Å². The molecule has 0 atom stereocenters. The number of piperidine rings is 1. The van der Waals surface area contributed by atoms with Gasteiger partial charge < -0.3 is 4.98 Å². The summed E-state index contributed by atoms with van der Waals surface area (Å²) < 4.78 is 27.6. The Morgan fingerprint density at radius 3 is 2.54 bits per heavy atom. The first-order valence-electron chi connectivity index (χ1n) is 9.19. The number of aromatic nitrogens is 1. The fourth-order valence-corrected chi connectivity index (χ4v) is 5.69. The van der Waals surface area contributed by atoms with E-state index in [1.807, 2.05) is 24.4 Å². The minimum absolute atomic E-state index is 0.102. The number of fused-ring (bicyclic) bond motifs is 1. The third kappa shape index (κ3) is 3.18. The molecule has 0 amide bonds. The largest absolute Gasteiger partial charge is 0.361 e. The topological polar surface area (TPSA) is 96.3 Å². The van der Waals surface area contributed by atoms with Crippen LogP contribution >= 0.6 is 0 Å². The lowest BCUT2D eigenvalue weighted by atomic mass is 9.90. The van der Waals surface area contributed by atoms with Gasteiger partial charge in [-0.1, -0.05) is 18.2 Å². The van der Waals surface area contributed by atoms with E-state index in [-0.39, 0.29) is 10.6 Å². The number of hydrogen-bond donors (Lipinski definition) is 1. The molecule has 2 aromatic carbocycles. The zero-order valence-corrected chi connectivity index (χ0v) is 16.3. The van der Waals surface area contributed by atoms with E-state index in [0.29, 0.717) is 24.6 Å². The smallest absolute Gasteiger partial charge is 0.269 e. The monoisotopic (exact) mass is 399 g/mol. The molecule has 1 aromatic heterocycles. The van der Waals surface area contributed by atoms with Gasteiger partial charge in [0.15, 0.2) is 0 Å². The Bertz CT molecular complexity index is 1150. The molecule has 0 saturated carbocycles. The minimum atomic E-state index is -3.67. The number of para-hydroxylation sites is 1. The number of non-ortho nitro benzene ring substituents is 1. The summed E-state index contributed by atoms with van der Waals surface area (Å²) in [6.07, 6.45) is 3.51. The number of sulfonamides is 1. The van der Waals surface area contributed by atoms with Crippen LogP contribution in [0.5, 0.6) is 0 Å². The molecule has 2 heterocycles. The van der Waals surface area contributed by atoms with Gasteiger partial charge >= 0.3 is 0 Å². The molecule has 3 aromatic rings. The van der Waals surface area contributed by atoms with E-state index in [1.165, 1.54) is 33.5 Å². The highest BCUT2D eigenvalue weighted by molar-refractivity contribution is 7.89. The Morgan fingerprint density at radius 1 is 1.14 bits per heavy atom. The summed E-state index contributed by atoms with van der Waals surface area (Å²) in [6, 6.07) is 12.0. The summed E-state index contributed by atoms with van der Waals surface area (Å²) in [4.78, 5) is 13.8. The molecular weight excluding hydrogens is 378 g/mol. The molecule has 0 radical (unpaired) electrons. The zero-order chi connectivity index (χ0) is 19.9. The Balaban J connectivity index is 1.54. The zero-order valence-electron chi connectivity index (χ0n) is 15.5. The Hall–Kier alpha value is -2.71. The highest BCUT2D eigenvalue weighted by atomic mass is 32.2. The van der Waals surface area contributed by atoms with Crippen LogP contribution in [-0.2, 0) is 10.0 Å². The summed E-state index contributed by atoms with van der Waals surface area (Å²) in [5, 5.41) is 12.1. The van der Waals surface area contributed by atoms with Crippen molar-refractivity contribution < 1.29 is 13.3 Å². The fourth-order valence-electron chi connectivity index (χ4n) is 4.01. The first kappa shape index (κ1) is 18.6. The molecule has 1 fully saturated rings. The number of nitro groups is 1. The van der Waals surface area contributed by atoms with Crippen LogP contribution in [0.1, 0.15) is 29.9 Å². The lowest BCUT2D eigenvalue weighted by molar-refractivity contribution is -0.385. The van der Waals surface area contributed by atoms with Crippen LogP contribution in [0.15, 0.2) is 53.6 Å². The van der Waals surface area contributed by atoms with Crippen molar-refractivity contribution in [3.63, 3.8) is 0 Å². The summed E-state index contributed by atoms with van der Waals surface area (Å²) in [7, 11) is -3.67. The predicted octanol–water partition coefficient (Wildman–Crippen LogP) is 3.95. The molecule has 0 bridgehead atoms. The molecule has 28 heavy (non-hydrogen) atoms. The molecule has 1 aliphatic heterocycles. The summed E-state index contributed by atoms with van der Waals surface area (Å²) >= 11 is 0. The third-order valence-electron chi connectivity index (χ3n) is 5.50. The number of nitrogens with zero attached hydrogens (tertiary/aromatic N) is 2. The highest BCUT2D eigenvalue weighted by Gasteiger charge is 2.32. The molecule has 0 spiro atoms. The second-order valence-electron chi connectivity index (χ2n) is 7.17. The van der Waals surface area contributed by atoms with Gasteiger partial charge in [0, 0.05) is 42.3 Å². The van der Waals surface area contributed by atoms with E-state index in [4.69, 9.17) is 0 Å². The second kappa shape index (κ2) is 7.03. The number of rotatable bonds is 4. The Morgan fingerprint density at radius 2 is 1.86 bits per heavy atom. The van der Waals surface area contributed by atoms with Gasteiger partial charge in [-0.2, -0.15) is 4.31 Å². The van der Waals surface area contributed by atoms with E-state index in [0.717, 1.165) is 18.4 Å². The van der Waals surface area contributed by atoms with Crippen molar-refractivity contribution in [1.82, 2.24) is 9.29 Å². The Kier molecular flexibility index (Phi) is 4.68. The van der Waals surface area contributed by atoms with E-state index in [2.05, 4.69) is 11.1 Å². The lowest BCUT2D eigenvalue weighted by Crippen LogP contribution is -2.38. The normalized spacial score (nSPS) is 16.5. The van der Waals surface area contributed by atoms with E-state index >= 15 is 0 Å². The number of aromatic amines is 1. The predicted molar refractivity (Wildman–Crippen MR) is 107 cm³/mol. The summed E-state index contributed by atoms with van der Waals surface area (Å²) in [6.45, 7) is 2.46. The van der Waals surface area contributed by atoms with Crippen molar-refractivity contribution >= 4 is 26.6 Å². The van der Waals surface area contributed by atoms with Crippen LogP contribution in [0.4, 0.5) is 5.69 Å². The van der Waals surface area contributed by atoms with E-state index in [9.17, 15) is 18.5 Å². The van der Waals surface area contributed by atoms with Crippen LogP contribution < -0.4 is 0 Å². The molecule has 1 saturated heterocycles. The van der Waals surface area contributed by atoms with Crippen LogP contribution in [0, 0.1) is 17.0 Å². The highest BCUT2D eigenvalue weighted by Crippen LogP contribution is 2.35. The first-order valence-corrected chi connectivity index (χ1v) is 10.6. The van der Waals surface area contributed by atoms with Crippen LogP contribution in [0.25, 0.3) is 10.9 Å². The van der Waals surface area contributed by atoms with Gasteiger partial charge in [0.05, 0.1) is 9.82 Å². The average Bonchev–Trinajstić information content (AvgIpc) is 3.12. The van der Waals surface area contributed by atoms with Gasteiger partial charge in [-0.15, -0.1) is 0 Å². The van der Waals surface area contributed by atoms with Gasteiger partial charge in [-0.25, -0.2) is 8.42 Å². The van der Waals surface area contributed by atoms with Crippen LogP contribution in [0.3, 0.4) is 0 Å². The van der Waals surface area contributed by atoms with E-state index in [1.54, 1.807) is 6.92 Å². The second-order valence-corrected chi connectivity index (χ2v) is 9.08. The Labute approximate surface area is 163 Å². The molecule has 4 rings (SSSR count). The van der Waals surface area contributed by atoms with Crippen molar-refractivity contribution in [3.05, 3.63) is 69.9 Å². The molecule has 146 valence electrons. The van der Waals surface area contributed by atoms with Crippen molar-refractivity contribution in [3.8, 4) is 0 Å². The number of hydrogen-bond acceptors (Lipinski definition) is 4. The number of nitro benzene ring substituents is 1. The van der Waals surface area contributed by atoms with Crippen molar-refractivity contribution in [2.45, 2.75) is 30.6 Å². The van der Waals surface area contributed by atoms with E-state index < -0.39 is 14.9 Å². The lowest BCUT2D eigenvalue weighted by Gasteiger charge is -2.31. The third-order valence-corrected chi connectivity index (χ3v) is 7.56. The summed E-state index contributed by atoms with van der Waals surface area (Å²) in [5.74, 6) is 0.306. The molecule has 1 N–H and O–H groups in total. The molecule has 0 aliphatic carbocycles.